The monoisotopic (exact) mass is 432 g/mol. The van der Waals surface area contributed by atoms with Gasteiger partial charge in [-0.25, -0.2) is 9.97 Å². The lowest BCUT2D eigenvalue weighted by Crippen LogP contribution is -2.49. The highest BCUT2D eigenvalue weighted by Gasteiger charge is 2.25. The molecular weight excluding hydrogens is 404 g/mol. The van der Waals surface area contributed by atoms with Crippen molar-refractivity contribution in [2.24, 2.45) is 0 Å². The number of aryl methyl sites for hydroxylation is 2. The number of rotatable bonds is 5. The Bertz CT molecular complexity index is 1120. The Labute approximate surface area is 188 Å². The van der Waals surface area contributed by atoms with E-state index in [-0.39, 0.29) is 5.91 Å². The average molecular weight is 433 g/mol. The van der Waals surface area contributed by atoms with E-state index in [2.05, 4.69) is 28.9 Å². The van der Waals surface area contributed by atoms with E-state index in [4.69, 9.17) is 14.5 Å². The molecule has 0 saturated carbocycles. The van der Waals surface area contributed by atoms with Gasteiger partial charge in [0.25, 0.3) is 5.91 Å². The first-order chi connectivity index (χ1) is 15.5. The largest absolute Gasteiger partial charge is 0.497 e. The molecule has 1 fully saturated rings. The molecule has 2 aromatic carbocycles. The fourth-order valence-electron chi connectivity index (χ4n) is 3.91. The van der Waals surface area contributed by atoms with Crippen molar-refractivity contribution in [1.29, 1.82) is 0 Å². The predicted molar refractivity (Wildman–Crippen MR) is 125 cm³/mol. The Hall–Kier alpha value is -3.61. The Balaban J connectivity index is 1.49. The Morgan fingerprint density at radius 3 is 2.38 bits per heavy atom. The van der Waals surface area contributed by atoms with Crippen molar-refractivity contribution in [2.75, 3.05) is 45.3 Å². The number of piperazine rings is 1. The standard InChI is InChI=1S/C25H28N4O3/c1-17-6-5-7-19(14-17)24-26-18(2)15-23(27-24)28-10-12-29(13-11-28)25(30)21-9-8-20(31-3)16-22(21)32-4/h5-9,14-16H,10-13H2,1-4H3. The maximum atomic E-state index is 13.1. The van der Waals surface area contributed by atoms with E-state index in [1.807, 2.05) is 30.0 Å². The molecule has 2 heterocycles. The zero-order valence-corrected chi connectivity index (χ0v) is 19.0. The molecule has 166 valence electrons. The average Bonchev–Trinajstić information content (AvgIpc) is 2.83. The summed E-state index contributed by atoms with van der Waals surface area (Å²) in [5.74, 6) is 2.76. The van der Waals surface area contributed by atoms with Gasteiger partial charge in [-0.1, -0.05) is 23.8 Å². The summed E-state index contributed by atoms with van der Waals surface area (Å²) in [6.45, 7) is 6.67. The van der Waals surface area contributed by atoms with Gasteiger partial charge in [-0.2, -0.15) is 0 Å². The summed E-state index contributed by atoms with van der Waals surface area (Å²) in [5.41, 5.74) is 3.65. The Morgan fingerprint density at radius 1 is 0.906 bits per heavy atom. The van der Waals surface area contributed by atoms with Crippen LogP contribution in [0.1, 0.15) is 21.6 Å². The second kappa shape index (κ2) is 9.26. The smallest absolute Gasteiger partial charge is 0.257 e. The summed E-state index contributed by atoms with van der Waals surface area (Å²) in [5, 5.41) is 0. The van der Waals surface area contributed by atoms with Gasteiger partial charge in [0.15, 0.2) is 5.82 Å². The Kier molecular flexibility index (Phi) is 6.25. The molecule has 7 nitrogen and oxygen atoms in total. The molecule has 0 unspecified atom stereocenters. The van der Waals surface area contributed by atoms with Crippen molar-refractivity contribution in [3.05, 3.63) is 65.4 Å². The molecule has 3 aromatic rings. The van der Waals surface area contributed by atoms with Crippen molar-refractivity contribution in [3.63, 3.8) is 0 Å². The normalized spacial score (nSPS) is 13.8. The maximum Gasteiger partial charge on any atom is 0.257 e. The van der Waals surface area contributed by atoms with Crippen LogP contribution in [0.3, 0.4) is 0 Å². The molecule has 0 atom stereocenters. The van der Waals surface area contributed by atoms with Gasteiger partial charge < -0.3 is 19.3 Å². The van der Waals surface area contributed by atoms with Gasteiger partial charge in [-0.15, -0.1) is 0 Å². The first-order valence-corrected chi connectivity index (χ1v) is 10.7. The van der Waals surface area contributed by atoms with Crippen molar-refractivity contribution >= 4 is 11.7 Å². The number of carbonyl (C=O) groups excluding carboxylic acids is 1. The van der Waals surface area contributed by atoms with E-state index in [0.29, 0.717) is 43.2 Å². The number of benzene rings is 2. The number of hydrogen-bond acceptors (Lipinski definition) is 6. The molecule has 1 amide bonds. The lowest BCUT2D eigenvalue weighted by molar-refractivity contribution is 0.0743. The van der Waals surface area contributed by atoms with E-state index in [9.17, 15) is 4.79 Å². The van der Waals surface area contributed by atoms with Crippen LogP contribution in [0, 0.1) is 13.8 Å². The molecule has 1 saturated heterocycles. The molecule has 7 heteroatoms. The third-order valence-electron chi connectivity index (χ3n) is 5.65. The van der Waals surface area contributed by atoms with Crippen LogP contribution in [0.5, 0.6) is 11.5 Å². The number of ether oxygens (including phenoxy) is 2. The second-order valence-corrected chi connectivity index (χ2v) is 7.91. The van der Waals surface area contributed by atoms with Crippen molar-refractivity contribution in [2.45, 2.75) is 13.8 Å². The van der Waals surface area contributed by atoms with Crippen molar-refractivity contribution in [1.82, 2.24) is 14.9 Å². The molecule has 0 aliphatic carbocycles. The van der Waals surface area contributed by atoms with Crippen LogP contribution in [-0.4, -0.2) is 61.2 Å². The van der Waals surface area contributed by atoms with Crippen LogP contribution >= 0.6 is 0 Å². The number of nitrogens with zero attached hydrogens (tertiary/aromatic N) is 4. The zero-order valence-electron chi connectivity index (χ0n) is 19.0. The van der Waals surface area contributed by atoms with Gasteiger partial charge in [0.2, 0.25) is 0 Å². The lowest BCUT2D eigenvalue weighted by atomic mass is 10.1. The summed E-state index contributed by atoms with van der Waals surface area (Å²) < 4.78 is 10.6. The van der Waals surface area contributed by atoms with E-state index < -0.39 is 0 Å². The van der Waals surface area contributed by atoms with Crippen LogP contribution in [0.25, 0.3) is 11.4 Å². The van der Waals surface area contributed by atoms with Crippen LogP contribution in [-0.2, 0) is 0 Å². The third-order valence-corrected chi connectivity index (χ3v) is 5.65. The number of carbonyl (C=O) groups is 1. The van der Waals surface area contributed by atoms with Gasteiger partial charge >= 0.3 is 0 Å². The van der Waals surface area contributed by atoms with Gasteiger partial charge in [0, 0.05) is 49.6 Å². The van der Waals surface area contributed by atoms with E-state index in [1.54, 1.807) is 32.4 Å². The van der Waals surface area contributed by atoms with Crippen LogP contribution in [0.2, 0.25) is 0 Å². The number of amides is 1. The van der Waals surface area contributed by atoms with Gasteiger partial charge in [-0.3, -0.25) is 4.79 Å². The first-order valence-electron chi connectivity index (χ1n) is 10.7. The topological polar surface area (TPSA) is 67.8 Å². The van der Waals surface area contributed by atoms with Crippen molar-refractivity contribution < 1.29 is 14.3 Å². The molecule has 0 radical (unpaired) electrons. The maximum absolute atomic E-state index is 13.1. The van der Waals surface area contributed by atoms with Gasteiger partial charge in [-0.05, 0) is 32.0 Å². The summed E-state index contributed by atoms with van der Waals surface area (Å²) in [6, 6.07) is 15.5. The zero-order chi connectivity index (χ0) is 22.7. The molecule has 1 aliphatic rings. The minimum absolute atomic E-state index is 0.0385. The molecular formula is C25H28N4O3. The van der Waals surface area contributed by atoms with E-state index >= 15 is 0 Å². The minimum Gasteiger partial charge on any atom is -0.497 e. The lowest BCUT2D eigenvalue weighted by Gasteiger charge is -2.35. The van der Waals surface area contributed by atoms with E-state index in [0.717, 1.165) is 22.9 Å². The van der Waals surface area contributed by atoms with Crippen molar-refractivity contribution in [3.8, 4) is 22.9 Å². The fourth-order valence-corrected chi connectivity index (χ4v) is 3.91. The highest BCUT2D eigenvalue weighted by molar-refractivity contribution is 5.97. The number of methoxy groups -OCH3 is 2. The van der Waals surface area contributed by atoms with Crippen LogP contribution in [0.15, 0.2) is 48.5 Å². The highest BCUT2D eigenvalue weighted by atomic mass is 16.5. The summed E-state index contributed by atoms with van der Waals surface area (Å²) >= 11 is 0. The number of hydrogen-bond donors (Lipinski definition) is 0. The molecule has 32 heavy (non-hydrogen) atoms. The Morgan fingerprint density at radius 2 is 1.69 bits per heavy atom. The van der Waals surface area contributed by atoms with E-state index in [1.165, 1.54) is 5.56 Å². The summed E-state index contributed by atoms with van der Waals surface area (Å²) in [7, 11) is 3.15. The third kappa shape index (κ3) is 4.51. The van der Waals surface area contributed by atoms with Gasteiger partial charge in [0.1, 0.15) is 17.3 Å². The second-order valence-electron chi connectivity index (χ2n) is 7.91. The highest BCUT2D eigenvalue weighted by Crippen LogP contribution is 2.27. The minimum atomic E-state index is -0.0385. The van der Waals surface area contributed by atoms with Crippen LogP contribution in [0.4, 0.5) is 5.82 Å². The number of anilines is 1. The first kappa shape index (κ1) is 21.6. The quantitative estimate of drug-likeness (QED) is 0.612. The number of aromatic nitrogens is 2. The summed E-state index contributed by atoms with van der Waals surface area (Å²) in [6.07, 6.45) is 0. The fraction of sp³-hybridized carbons (Fsp3) is 0.320. The van der Waals surface area contributed by atoms with Gasteiger partial charge in [0.05, 0.1) is 19.8 Å². The summed E-state index contributed by atoms with van der Waals surface area (Å²) in [4.78, 5) is 26.6. The van der Waals surface area contributed by atoms with Crippen LogP contribution < -0.4 is 14.4 Å². The molecule has 0 bridgehead atoms. The molecule has 4 rings (SSSR count). The predicted octanol–water partition coefficient (Wildman–Crippen LogP) is 3.74. The SMILES string of the molecule is COc1ccc(C(=O)N2CCN(c3cc(C)nc(-c4cccc(C)c4)n3)CC2)c(OC)c1. The molecule has 0 spiro atoms. The molecule has 1 aromatic heterocycles. The molecule has 0 N–H and O–H groups in total. The molecule has 1 aliphatic heterocycles.